The Morgan fingerprint density at radius 2 is 1.67 bits per heavy atom. The average Bonchev–Trinajstić information content (AvgIpc) is 4.29. The van der Waals surface area contributed by atoms with Gasteiger partial charge >= 0.3 is 5.97 Å². The SMILES string of the molecule is CC[C@H]1C[C@H](C)[C@@]2(NC1=O)O[C@@H](C[C@H](O)[C@@H](C)CC/C=C/C=C(\C)[C@@H]1C/C=C/C=C/[C@H](O)[C@H](C)[C@@H](O)[C@@H](CCC(C)=O)C(=O)N[C@@H](C(C)C)C(=O)NC3(CC3c3cc(O)c(F)c(F)c3)C(=O)N3CCCC(N3)C(=O)O1)[C@H](C)[C@H](O)[C@@H]2C. The number of hydrazine groups is 1. The lowest BCUT2D eigenvalue weighted by molar-refractivity contribution is -0.267. The number of carbonyl (C=O) groups excluding carboxylic acids is 6. The molecule has 450 valence electrons. The highest BCUT2D eigenvalue weighted by Gasteiger charge is 2.64. The predicted octanol–water partition coefficient (Wildman–Crippen LogP) is 6.00. The fraction of sp³-hybridized carbons (Fsp3) is 0.672. The molecule has 0 radical (unpaired) electrons. The molecule has 20 heteroatoms. The van der Waals surface area contributed by atoms with Gasteiger partial charge in [-0.3, -0.25) is 29.0 Å². The minimum atomic E-state index is -1.84. The van der Waals surface area contributed by atoms with Crippen LogP contribution in [0.3, 0.4) is 0 Å². The highest BCUT2D eigenvalue weighted by atomic mass is 19.2. The van der Waals surface area contributed by atoms with Gasteiger partial charge in [-0.05, 0) is 100 Å². The lowest BCUT2D eigenvalue weighted by atomic mass is 9.69. The predicted molar refractivity (Wildman–Crippen MR) is 298 cm³/mol. The number of hydrogen-bond donors (Lipinski definition) is 9. The number of carbonyl (C=O) groups is 6. The maximum atomic E-state index is 14.9. The minimum absolute atomic E-state index is 0.00828. The molecule has 3 unspecified atom stereocenters. The number of nitrogens with one attached hydrogen (secondary N) is 4. The van der Waals surface area contributed by atoms with E-state index >= 15 is 0 Å². The number of halogens is 2. The third-order valence-corrected chi connectivity index (χ3v) is 18.0. The van der Waals surface area contributed by atoms with E-state index < -0.39 is 125 Å². The first-order chi connectivity index (χ1) is 38.2. The summed E-state index contributed by atoms with van der Waals surface area (Å²) in [6.07, 6.45) is 9.54. The van der Waals surface area contributed by atoms with E-state index in [-0.39, 0.29) is 91.9 Å². The lowest BCUT2D eigenvalue weighted by Crippen LogP contribution is -2.71. The van der Waals surface area contributed by atoms with E-state index in [9.17, 15) is 63.1 Å². The van der Waals surface area contributed by atoms with E-state index in [0.29, 0.717) is 37.7 Å². The monoisotopic (exact) mass is 1140 g/mol. The molecule has 1 aliphatic carbocycles. The Morgan fingerprint density at radius 3 is 2.33 bits per heavy atom. The maximum absolute atomic E-state index is 14.9. The van der Waals surface area contributed by atoms with E-state index in [4.69, 9.17) is 9.47 Å². The number of esters is 1. The first kappa shape index (κ1) is 64.8. The second-order valence-electron chi connectivity index (χ2n) is 24.2. The van der Waals surface area contributed by atoms with Crippen LogP contribution >= 0.6 is 0 Å². The smallest absolute Gasteiger partial charge is 0.325 e. The Balaban J connectivity index is 1.22. The maximum Gasteiger partial charge on any atom is 0.325 e. The van der Waals surface area contributed by atoms with Crippen molar-refractivity contribution in [2.24, 2.45) is 47.3 Å². The molecule has 6 rings (SSSR count). The number of aromatic hydroxyl groups is 1. The Kier molecular flexibility index (Phi) is 22.2. The summed E-state index contributed by atoms with van der Waals surface area (Å²) in [6, 6.07) is -0.572. The number of hydrogen-bond acceptors (Lipinski definition) is 14. The molecule has 9 N–H and O–H groups in total. The highest BCUT2D eigenvalue weighted by molar-refractivity contribution is 5.98. The molecule has 1 aromatic carbocycles. The van der Waals surface area contributed by atoms with Crippen molar-refractivity contribution in [3.8, 4) is 5.75 Å². The molecule has 4 fully saturated rings. The average molecular weight is 1140 g/mol. The van der Waals surface area contributed by atoms with Crippen molar-refractivity contribution in [2.75, 3.05) is 6.54 Å². The molecule has 0 aromatic heterocycles. The molecule has 5 aliphatic rings. The van der Waals surface area contributed by atoms with Crippen LogP contribution in [0.25, 0.3) is 0 Å². The summed E-state index contributed by atoms with van der Waals surface area (Å²) < 4.78 is 42.1. The van der Waals surface area contributed by atoms with Crippen molar-refractivity contribution < 1.29 is 72.6 Å². The number of phenolic OH excluding ortho intramolecular Hbond substituents is 1. The van der Waals surface area contributed by atoms with Gasteiger partial charge in [0.2, 0.25) is 17.7 Å². The number of cyclic esters (lactones) is 1. The van der Waals surface area contributed by atoms with Crippen LogP contribution in [0.5, 0.6) is 5.75 Å². The lowest BCUT2D eigenvalue weighted by Gasteiger charge is -2.56. The summed E-state index contributed by atoms with van der Waals surface area (Å²) in [5.74, 6) is -12.0. The van der Waals surface area contributed by atoms with Crippen molar-refractivity contribution in [3.63, 3.8) is 0 Å². The zero-order valence-electron chi connectivity index (χ0n) is 48.7. The molecule has 2 spiro atoms. The number of phenols is 1. The van der Waals surface area contributed by atoms with Crippen molar-refractivity contribution >= 4 is 35.4 Å². The summed E-state index contributed by atoms with van der Waals surface area (Å²) in [5.41, 5.74) is 0.774. The first-order valence-corrected chi connectivity index (χ1v) is 29.1. The van der Waals surface area contributed by atoms with Gasteiger partial charge in [-0.2, -0.15) is 4.39 Å². The van der Waals surface area contributed by atoms with Gasteiger partial charge in [-0.15, -0.1) is 0 Å². The number of aliphatic hydroxyl groups excluding tert-OH is 4. The summed E-state index contributed by atoms with van der Waals surface area (Å²) >= 11 is 0. The molecule has 18 atom stereocenters. The van der Waals surface area contributed by atoms with Crippen LogP contribution in [0.2, 0.25) is 0 Å². The normalized spacial score (nSPS) is 36.5. The van der Waals surface area contributed by atoms with E-state index in [1.807, 2.05) is 52.8 Å². The Labute approximate surface area is 475 Å². The minimum Gasteiger partial charge on any atom is -0.505 e. The molecule has 1 saturated carbocycles. The van der Waals surface area contributed by atoms with Crippen LogP contribution in [0.4, 0.5) is 8.78 Å². The molecule has 18 nitrogen and oxygen atoms in total. The number of amides is 4. The first-order valence-electron chi connectivity index (χ1n) is 29.1. The van der Waals surface area contributed by atoms with E-state index in [0.717, 1.165) is 12.1 Å². The van der Waals surface area contributed by atoms with Crippen LogP contribution in [0.1, 0.15) is 151 Å². The molecule has 81 heavy (non-hydrogen) atoms. The number of ether oxygens (including phenoxy) is 2. The van der Waals surface area contributed by atoms with E-state index in [1.54, 1.807) is 39.0 Å². The van der Waals surface area contributed by atoms with Gasteiger partial charge in [-0.1, -0.05) is 97.9 Å². The van der Waals surface area contributed by atoms with E-state index in [1.165, 1.54) is 24.9 Å². The summed E-state index contributed by atoms with van der Waals surface area (Å²) in [4.78, 5) is 83.0. The number of allylic oxidation sites excluding steroid dienone is 5. The molecule has 2 bridgehead atoms. The van der Waals surface area contributed by atoms with Crippen molar-refractivity contribution in [2.45, 2.75) is 206 Å². The molecular formula is C61H89F2N5O13. The molecular weight excluding hydrogens is 1050 g/mol. The fourth-order valence-electron chi connectivity index (χ4n) is 12.2. The summed E-state index contributed by atoms with van der Waals surface area (Å²) in [6.45, 7) is 17.8. The van der Waals surface area contributed by atoms with Crippen LogP contribution in [0.15, 0.2) is 60.2 Å². The van der Waals surface area contributed by atoms with Crippen molar-refractivity contribution in [1.82, 2.24) is 26.4 Å². The van der Waals surface area contributed by atoms with Gasteiger partial charge in [0.25, 0.3) is 5.91 Å². The second-order valence-corrected chi connectivity index (χ2v) is 24.2. The number of nitrogens with zero attached hydrogens (tertiary/aromatic N) is 1. The number of aliphatic hydroxyl groups is 4. The standard InChI is InChI=1S/C61H89F2N5O13/c1-11-40-27-35(6)61(66-55(40)75)39(10)53(73)38(9)50(81-61)30-47(71)33(4)19-14-12-15-20-34(5)49-23-17-13-16-22-46(70)37(8)54(74)42(25-24-36(7)69)56(76)64-52(32(2)3)57(77)65-60(31-43(60)41-28-44(62)51(63)48(72)29-41)59(79)68-26-18-21-45(67-68)58(78)80-49/h12-13,15-17,20,22,28-29,32-33,35,37-40,42-43,45-47,49-50,52-54,67,70-74H,11,14,18-19,21,23-27,30-31H2,1-10H3,(H,64,76)(H,65,77)(H,66,75)/b15-12+,17-13+,22-16+,34-20+/t33-,35-,37-,38-,39-,40-,42+,43?,45?,46-,47-,49-,50-,52-,53-,54+,60?,61+/m0/s1. The number of benzene rings is 1. The Morgan fingerprint density at radius 1 is 0.951 bits per heavy atom. The highest BCUT2D eigenvalue weighted by Crippen LogP contribution is 2.54. The fourth-order valence-corrected chi connectivity index (χ4v) is 12.2. The Bertz CT molecular complexity index is 2540. The van der Waals surface area contributed by atoms with Gasteiger partial charge in [0, 0.05) is 61.3 Å². The second kappa shape index (κ2) is 27.8. The summed E-state index contributed by atoms with van der Waals surface area (Å²) in [5, 5.41) is 65.9. The van der Waals surface area contributed by atoms with E-state index in [2.05, 4.69) is 21.4 Å². The van der Waals surface area contributed by atoms with Crippen molar-refractivity contribution in [3.05, 3.63) is 77.4 Å². The number of Topliss-reactive ketones (excluding diaryl/α,β-unsaturated/α-hetero) is 1. The molecule has 4 aliphatic heterocycles. The molecule has 4 amide bonds. The van der Waals surface area contributed by atoms with Crippen molar-refractivity contribution in [1.29, 1.82) is 0 Å². The number of ketones is 1. The van der Waals surface area contributed by atoms with Crippen LogP contribution in [0, 0.1) is 59.0 Å². The Hall–Kier alpha value is -5.38. The topological polar surface area (TPSA) is 273 Å². The molecule has 1 aromatic rings. The van der Waals surface area contributed by atoms with Gasteiger partial charge in [0.1, 0.15) is 35.2 Å². The number of fused-ring (bicyclic) bond motifs is 2. The van der Waals surface area contributed by atoms with Crippen LogP contribution in [-0.2, 0) is 38.2 Å². The molecule has 3 saturated heterocycles. The van der Waals surface area contributed by atoms with Gasteiger partial charge in [0.15, 0.2) is 17.4 Å². The van der Waals surface area contributed by atoms with Gasteiger partial charge in [-0.25, -0.2) is 9.82 Å². The zero-order valence-corrected chi connectivity index (χ0v) is 48.7. The van der Waals surface area contributed by atoms with Crippen LogP contribution in [-0.4, -0.2) is 132 Å². The molecule has 4 heterocycles. The third-order valence-electron chi connectivity index (χ3n) is 18.0. The van der Waals surface area contributed by atoms with Gasteiger partial charge in [0.05, 0.1) is 36.4 Å². The third kappa shape index (κ3) is 15.1. The quantitative estimate of drug-likeness (QED) is 0.0764. The number of rotatable bonds is 14. The van der Waals surface area contributed by atoms with Crippen LogP contribution < -0.4 is 21.4 Å². The number of piperidine rings is 1. The summed E-state index contributed by atoms with van der Waals surface area (Å²) in [7, 11) is 0. The largest absolute Gasteiger partial charge is 0.505 e. The van der Waals surface area contributed by atoms with Gasteiger partial charge < -0.3 is 55.8 Å². The zero-order chi connectivity index (χ0) is 59.8.